The SMILES string of the molecule is CC(=NNC(=O)CSc1nnc(-c2ccccc2)n1-c1ccc(Cl)cc1)c1ccco1. The molecule has 1 N–H and O–H groups in total. The molecular weight excluding hydrogens is 434 g/mol. The summed E-state index contributed by atoms with van der Waals surface area (Å²) in [6, 6.07) is 20.7. The highest BCUT2D eigenvalue weighted by Crippen LogP contribution is 2.28. The molecule has 0 aliphatic carbocycles. The molecule has 2 heterocycles. The summed E-state index contributed by atoms with van der Waals surface area (Å²) in [6.07, 6.45) is 1.56. The molecule has 4 aromatic rings. The highest BCUT2D eigenvalue weighted by atomic mass is 35.5. The van der Waals surface area contributed by atoms with Crippen LogP contribution in [0.15, 0.2) is 87.7 Å². The van der Waals surface area contributed by atoms with Crippen molar-refractivity contribution in [1.29, 1.82) is 0 Å². The van der Waals surface area contributed by atoms with Crippen molar-refractivity contribution in [2.45, 2.75) is 12.1 Å². The molecular formula is C22H18ClN5O2S. The third-order valence-electron chi connectivity index (χ3n) is 4.31. The van der Waals surface area contributed by atoms with E-state index in [0.29, 0.717) is 27.5 Å². The lowest BCUT2D eigenvalue weighted by Gasteiger charge is -2.10. The highest BCUT2D eigenvalue weighted by Gasteiger charge is 2.17. The van der Waals surface area contributed by atoms with Crippen LogP contribution in [-0.2, 0) is 4.79 Å². The predicted molar refractivity (Wildman–Crippen MR) is 122 cm³/mol. The van der Waals surface area contributed by atoms with Crippen LogP contribution in [0.4, 0.5) is 0 Å². The van der Waals surface area contributed by atoms with Crippen molar-refractivity contribution in [3.8, 4) is 17.1 Å². The lowest BCUT2D eigenvalue weighted by Crippen LogP contribution is -2.21. The monoisotopic (exact) mass is 451 g/mol. The zero-order valence-electron chi connectivity index (χ0n) is 16.5. The maximum absolute atomic E-state index is 12.3. The van der Waals surface area contributed by atoms with E-state index in [4.69, 9.17) is 16.0 Å². The number of thioether (sulfide) groups is 1. The van der Waals surface area contributed by atoms with Gasteiger partial charge in [0.25, 0.3) is 5.91 Å². The first-order valence-electron chi connectivity index (χ1n) is 9.38. The third-order valence-corrected chi connectivity index (χ3v) is 5.49. The maximum atomic E-state index is 12.3. The van der Waals surface area contributed by atoms with Gasteiger partial charge >= 0.3 is 0 Å². The van der Waals surface area contributed by atoms with Crippen molar-refractivity contribution < 1.29 is 9.21 Å². The van der Waals surface area contributed by atoms with Gasteiger partial charge in [-0.05, 0) is 43.3 Å². The quantitative estimate of drug-likeness (QED) is 0.247. The zero-order chi connectivity index (χ0) is 21.6. The minimum Gasteiger partial charge on any atom is -0.463 e. The molecule has 1 amide bonds. The van der Waals surface area contributed by atoms with Crippen molar-refractivity contribution in [3.63, 3.8) is 0 Å². The molecule has 0 saturated heterocycles. The topological polar surface area (TPSA) is 85.3 Å². The molecule has 9 heteroatoms. The Morgan fingerprint density at radius 2 is 1.87 bits per heavy atom. The van der Waals surface area contributed by atoms with E-state index >= 15 is 0 Å². The Hall–Kier alpha value is -3.36. The molecule has 156 valence electrons. The third kappa shape index (κ3) is 5.04. The van der Waals surface area contributed by atoms with Crippen LogP contribution in [0.2, 0.25) is 5.02 Å². The minimum absolute atomic E-state index is 0.120. The number of hydrogen-bond acceptors (Lipinski definition) is 6. The fourth-order valence-corrected chi connectivity index (χ4v) is 3.68. The molecule has 0 radical (unpaired) electrons. The van der Waals surface area contributed by atoms with E-state index in [0.717, 1.165) is 11.3 Å². The number of nitrogens with one attached hydrogen (secondary N) is 1. The molecule has 0 atom stereocenters. The predicted octanol–water partition coefficient (Wildman–Crippen LogP) is 4.81. The summed E-state index contributed by atoms with van der Waals surface area (Å²) in [4.78, 5) is 12.3. The first-order chi connectivity index (χ1) is 15.1. The van der Waals surface area contributed by atoms with Crippen molar-refractivity contribution >= 4 is 35.0 Å². The second kappa shape index (κ2) is 9.63. The highest BCUT2D eigenvalue weighted by molar-refractivity contribution is 7.99. The van der Waals surface area contributed by atoms with E-state index in [-0.39, 0.29) is 11.7 Å². The van der Waals surface area contributed by atoms with Gasteiger partial charge in [-0.25, -0.2) is 5.43 Å². The van der Waals surface area contributed by atoms with Gasteiger partial charge in [0.05, 0.1) is 12.0 Å². The summed E-state index contributed by atoms with van der Waals surface area (Å²) < 4.78 is 7.16. The summed E-state index contributed by atoms with van der Waals surface area (Å²) >= 11 is 7.32. The molecule has 2 aromatic carbocycles. The number of hydrogen-bond donors (Lipinski definition) is 1. The Labute approximate surface area is 188 Å². The fraction of sp³-hybridized carbons (Fsp3) is 0.0909. The van der Waals surface area contributed by atoms with Crippen molar-refractivity contribution in [2.24, 2.45) is 5.10 Å². The first kappa shape index (κ1) is 20.9. The van der Waals surface area contributed by atoms with Crippen molar-refractivity contribution in [2.75, 3.05) is 5.75 Å². The molecule has 2 aromatic heterocycles. The lowest BCUT2D eigenvalue weighted by atomic mass is 10.2. The Bertz CT molecular complexity index is 1190. The standard InChI is InChI=1S/C22H18ClN5O2S/c1-15(19-8-5-13-30-19)24-25-20(29)14-31-22-27-26-21(16-6-3-2-4-7-16)28(22)18-11-9-17(23)10-12-18/h2-13H,14H2,1H3,(H,25,29). The largest absolute Gasteiger partial charge is 0.463 e. The summed E-state index contributed by atoms with van der Waals surface area (Å²) in [7, 11) is 0. The van der Waals surface area contributed by atoms with Crippen LogP contribution in [0.5, 0.6) is 0 Å². The number of aromatic nitrogens is 3. The van der Waals surface area contributed by atoms with Crippen LogP contribution >= 0.6 is 23.4 Å². The van der Waals surface area contributed by atoms with E-state index in [1.54, 1.807) is 37.5 Å². The molecule has 7 nitrogen and oxygen atoms in total. The van der Waals surface area contributed by atoms with Gasteiger partial charge in [0.15, 0.2) is 11.0 Å². The molecule has 0 bridgehead atoms. The molecule has 0 aliphatic heterocycles. The maximum Gasteiger partial charge on any atom is 0.250 e. The Morgan fingerprint density at radius 3 is 2.58 bits per heavy atom. The number of carbonyl (C=O) groups excluding carboxylic acids is 1. The smallest absolute Gasteiger partial charge is 0.250 e. The van der Waals surface area contributed by atoms with Gasteiger partial charge in [-0.3, -0.25) is 9.36 Å². The van der Waals surface area contributed by atoms with E-state index in [2.05, 4.69) is 20.7 Å². The number of amides is 1. The number of halogens is 1. The van der Waals surface area contributed by atoms with Crippen molar-refractivity contribution in [1.82, 2.24) is 20.2 Å². The normalized spacial score (nSPS) is 11.5. The minimum atomic E-state index is -0.261. The molecule has 0 saturated carbocycles. The molecule has 0 unspecified atom stereocenters. The average Bonchev–Trinajstić information content (AvgIpc) is 3.48. The van der Waals surface area contributed by atoms with Gasteiger partial charge in [0.2, 0.25) is 0 Å². The first-order valence-corrected chi connectivity index (χ1v) is 10.7. The Morgan fingerprint density at radius 1 is 1.10 bits per heavy atom. The van der Waals surface area contributed by atoms with E-state index in [1.807, 2.05) is 47.0 Å². The number of benzene rings is 2. The molecule has 0 fully saturated rings. The Balaban J connectivity index is 1.54. The van der Waals surface area contributed by atoms with Crippen LogP contribution in [0.3, 0.4) is 0 Å². The van der Waals surface area contributed by atoms with Gasteiger partial charge in [0.1, 0.15) is 11.5 Å². The second-order valence-electron chi connectivity index (χ2n) is 6.48. The summed E-state index contributed by atoms with van der Waals surface area (Å²) in [5, 5.41) is 14.0. The van der Waals surface area contributed by atoms with Crippen LogP contribution in [0.25, 0.3) is 17.1 Å². The van der Waals surface area contributed by atoms with E-state index in [9.17, 15) is 4.79 Å². The number of hydrazone groups is 1. The van der Waals surface area contributed by atoms with Gasteiger partial charge in [-0.15, -0.1) is 10.2 Å². The number of furan rings is 1. The summed E-state index contributed by atoms with van der Waals surface area (Å²) in [6.45, 7) is 1.76. The molecule has 31 heavy (non-hydrogen) atoms. The second-order valence-corrected chi connectivity index (χ2v) is 7.86. The van der Waals surface area contributed by atoms with Crippen LogP contribution < -0.4 is 5.43 Å². The fourth-order valence-electron chi connectivity index (χ4n) is 2.81. The van der Waals surface area contributed by atoms with Crippen LogP contribution in [0, 0.1) is 0 Å². The van der Waals surface area contributed by atoms with Gasteiger partial charge in [0, 0.05) is 16.3 Å². The number of carbonyl (C=O) groups is 1. The van der Waals surface area contributed by atoms with Crippen LogP contribution in [0.1, 0.15) is 12.7 Å². The number of rotatable bonds is 7. The summed E-state index contributed by atoms with van der Waals surface area (Å²) in [5.74, 6) is 1.14. The average molecular weight is 452 g/mol. The summed E-state index contributed by atoms with van der Waals surface area (Å²) in [5.41, 5.74) is 4.89. The van der Waals surface area contributed by atoms with Crippen LogP contribution in [-0.4, -0.2) is 32.1 Å². The Kier molecular flexibility index (Phi) is 6.49. The number of nitrogens with zero attached hydrogens (tertiary/aromatic N) is 4. The zero-order valence-corrected chi connectivity index (χ0v) is 18.1. The van der Waals surface area contributed by atoms with E-state index < -0.39 is 0 Å². The molecule has 0 aliphatic rings. The van der Waals surface area contributed by atoms with Gasteiger partial charge < -0.3 is 4.42 Å². The van der Waals surface area contributed by atoms with E-state index in [1.165, 1.54) is 11.8 Å². The lowest BCUT2D eigenvalue weighted by molar-refractivity contribution is -0.118. The van der Waals surface area contributed by atoms with Gasteiger partial charge in [-0.1, -0.05) is 53.7 Å². The van der Waals surface area contributed by atoms with Gasteiger partial charge in [-0.2, -0.15) is 5.10 Å². The molecule has 4 rings (SSSR count). The molecule has 0 spiro atoms. The van der Waals surface area contributed by atoms with Crippen molar-refractivity contribution in [3.05, 3.63) is 83.8 Å².